The molecule has 1 atom stereocenters. The summed E-state index contributed by atoms with van der Waals surface area (Å²) in [6, 6.07) is 10.6. The SMILES string of the molecule is CCCCC(CC)CN1C=CC(c2ccccc2)=CC1.O=S(=O)(O)C(F)(F)C(F)(F)C(F)(F)C(F)(F)F. The van der Waals surface area contributed by atoms with Crippen LogP contribution in [-0.2, 0) is 10.1 Å². The van der Waals surface area contributed by atoms with Crippen LogP contribution in [0, 0.1) is 5.92 Å². The Balaban J connectivity index is 0.000000377. The van der Waals surface area contributed by atoms with Gasteiger partial charge in [0, 0.05) is 13.1 Å². The maximum absolute atomic E-state index is 12.2. The van der Waals surface area contributed by atoms with Crippen LogP contribution in [0.15, 0.2) is 48.7 Å². The first-order valence-corrected chi connectivity index (χ1v) is 12.6. The van der Waals surface area contributed by atoms with E-state index in [1.165, 1.54) is 43.4 Å². The molecule has 0 amide bonds. The fraction of sp³-hybridized carbons (Fsp3) is 0.565. The lowest BCUT2D eigenvalue weighted by Gasteiger charge is -2.31. The predicted octanol–water partition coefficient (Wildman–Crippen LogP) is 7.42. The lowest BCUT2D eigenvalue weighted by Crippen LogP contribution is -2.63. The zero-order valence-electron chi connectivity index (χ0n) is 20.0. The van der Waals surface area contributed by atoms with Gasteiger partial charge >= 0.3 is 33.4 Å². The number of allylic oxidation sites excluding steroid dienone is 2. The number of halogens is 9. The molecule has 14 heteroatoms. The highest BCUT2D eigenvalue weighted by Crippen LogP contribution is 2.54. The van der Waals surface area contributed by atoms with E-state index in [0.717, 1.165) is 12.5 Å². The molecular weight excluding hydrogens is 541 g/mol. The van der Waals surface area contributed by atoms with Crippen molar-refractivity contribution in [2.24, 2.45) is 5.92 Å². The second kappa shape index (κ2) is 12.5. The van der Waals surface area contributed by atoms with E-state index >= 15 is 0 Å². The van der Waals surface area contributed by atoms with Crippen molar-refractivity contribution in [1.82, 2.24) is 4.90 Å². The van der Waals surface area contributed by atoms with Crippen molar-refractivity contribution in [2.45, 2.75) is 62.8 Å². The molecule has 2 rings (SSSR count). The van der Waals surface area contributed by atoms with Crippen molar-refractivity contribution in [2.75, 3.05) is 13.1 Å². The fourth-order valence-corrected chi connectivity index (χ4v) is 3.73. The molecule has 0 saturated heterocycles. The van der Waals surface area contributed by atoms with E-state index in [9.17, 15) is 47.9 Å². The average Bonchev–Trinajstić information content (AvgIpc) is 2.81. The largest absolute Gasteiger partial charge is 0.460 e. The Kier molecular flexibility index (Phi) is 11.1. The van der Waals surface area contributed by atoms with Gasteiger partial charge in [0.15, 0.2) is 0 Å². The molecule has 0 aromatic heterocycles. The molecule has 0 aliphatic carbocycles. The maximum atomic E-state index is 12.2. The summed E-state index contributed by atoms with van der Waals surface area (Å²) in [5.74, 6) is -13.9. The minimum absolute atomic E-state index is 0.839. The number of hydrogen-bond donors (Lipinski definition) is 1. The van der Waals surface area contributed by atoms with Gasteiger partial charge < -0.3 is 4.90 Å². The Bertz CT molecular complexity index is 1020. The van der Waals surface area contributed by atoms with Crippen molar-refractivity contribution in [1.29, 1.82) is 0 Å². The van der Waals surface area contributed by atoms with E-state index in [1.807, 2.05) is 0 Å². The summed E-state index contributed by atoms with van der Waals surface area (Å²) in [6.45, 7) is 6.84. The molecule has 1 aliphatic heterocycles. The summed E-state index contributed by atoms with van der Waals surface area (Å²) in [5.41, 5.74) is 2.67. The molecule has 0 bridgehead atoms. The Morgan fingerprint density at radius 1 is 0.946 bits per heavy atom. The van der Waals surface area contributed by atoms with E-state index in [4.69, 9.17) is 4.55 Å². The van der Waals surface area contributed by atoms with Crippen molar-refractivity contribution in [3.05, 3.63) is 54.2 Å². The fourth-order valence-electron chi connectivity index (χ4n) is 3.28. The highest BCUT2D eigenvalue weighted by molar-refractivity contribution is 7.87. The first kappa shape index (κ1) is 32.8. The van der Waals surface area contributed by atoms with Gasteiger partial charge in [0.1, 0.15) is 0 Å². The average molecular weight is 570 g/mol. The van der Waals surface area contributed by atoms with Gasteiger partial charge in [-0.3, -0.25) is 4.55 Å². The van der Waals surface area contributed by atoms with Crippen LogP contribution in [0.4, 0.5) is 39.5 Å². The van der Waals surface area contributed by atoms with Crippen LogP contribution in [-0.4, -0.2) is 54.2 Å². The van der Waals surface area contributed by atoms with E-state index < -0.39 is 33.4 Å². The third-order valence-corrected chi connectivity index (χ3v) is 6.50. The van der Waals surface area contributed by atoms with Crippen molar-refractivity contribution < 1.29 is 52.5 Å². The van der Waals surface area contributed by atoms with Gasteiger partial charge in [0.2, 0.25) is 0 Å². The third-order valence-electron chi connectivity index (χ3n) is 5.59. The van der Waals surface area contributed by atoms with Crippen LogP contribution in [0.25, 0.3) is 5.57 Å². The third kappa shape index (κ3) is 7.88. The van der Waals surface area contributed by atoms with Gasteiger partial charge in [0.05, 0.1) is 0 Å². The summed E-state index contributed by atoms with van der Waals surface area (Å²) >= 11 is 0. The van der Waals surface area contributed by atoms with E-state index in [0.29, 0.717) is 0 Å². The molecule has 4 nitrogen and oxygen atoms in total. The highest BCUT2D eigenvalue weighted by Gasteiger charge is 2.85. The zero-order valence-corrected chi connectivity index (χ0v) is 20.8. The molecule has 37 heavy (non-hydrogen) atoms. The molecule has 0 spiro atoms. The number of rotatable bonds is 10. The quantitative estimate of drug-likeness (QED) is 0.236. The van der Waals surface area contributed by atoms with Crippen molar-refractivity contribution >= 4 is 15.7 Å². The minimum atomic E-state index is -7.37. The Labute approximate surface area is 209 Å². The van der Waals surface area contributed by atoms with Gasteiger partial charge in [-0.05, 0) is 35.8 Å². The topological polar surface area (TPSA) is 57.6 Å². The Morgan fingerprint density at radius 3 is 1.92 bits per heavy atom. The van der Waals surface area contributed by atoms with Gasteiger partial charge in [-0.2, -0.15) is 47.9 Å². The molecule has 1 N–H and O–H groups in total. The molecule has 0 fully saturated rings. The lowest BCUT2D eigenvalue weighted by atomic mass is 9.98. The number of nitrogens with zero attached hydrogens (tertiary/aromatic N) is 1. The van der Waals surface area contributed by atoms with Crippen LogP contribution < -0.4 is 0 Å². The normalized spacial score (nSPS) is 16.1. The monoisotopic (exact) mass is 569 g/mol. The van der Waals surface area contributed by atoms with Crippen LogP contribution in [0.5, 0.6) is 0 Å². The van der Waals surface area contributed by atoms with Crippen LogP contribution in [0.1, 0.15) is 45.1 Å². The van der Waals surface area contributed by atoms with E-state index in [1.54, 1.807) is 0 Å². The molecule has 0 radical (unpaired) electrons. The predicted molar refractivity (Wildman–Crippen MR) is 121 cm³/mol. The number of hydrogen-bond acceptors (Lipinski definition) is 3. The summed E-state index contributed by atoms with van der Waals surface area (Å²) < 4.78 is 134. The second-order valence-electron chi connectivity index (χ2n) is 8.35. The van der Waals surface area contributed by atoms with Crippen LogP contribution in [0.2, 0.25) is 0 Å². The van der Waals surface area contributed by atoms with E-state index in [-0.39, 0.29) is 0 Å². The van der Waals surface area contributed by atoms with Crippen molar-refractivity contribution in [3.63, 3.8) is 0 Å². The minimum Gasteiger partial charge on any atom is -0.373 e. The molecule has 1 aromatic rings. The first-order chi connectivity index (χ1) is 16.8. The van der Waals surface area contributed by atoms with Gasteiger partial charge in [0.25, 0.3) is 0 Å². The number of unbranched alkanes of at least 4 members (excludes halogenated alkanes) is 1. The van der Waals surface area contributed by atoms with E-state index in [2.05, 4.69) is 67.4 Å². The van der Waals surface area contributed by atoms with Gasteiger partial charge in [-0.15, -0.1) is 0 Å². The van der Waals surface area contributed by atoms with Gasteiger partial charge in [-0.25, -0.2) is 0 Å². The molecule has 1 heterocycles. The Morgan fingerprint density at radius 2 is 1.51 bits per heavy atom. The molecule has 0 saturated carbocycles. The molecule has 1 aliphatic rings. The highest BCUT2D eigenvalue weighted by atomic mass is 32.2. The maximum Gasteiger partial charge on any atom is 0.460 e. The zero-order chi connectivity index (χ0) is 28.7. The molecule has 212 valence electrons. The number of alkyl halides is 9. The van der Waals surface area contributed by atoms with Crippen LogP contribution >= 0.6 is 0 Å². The molecular formula is C23H28F9NO3S. The number of benzene rings is 1. The summed E-state index contributed by atoms with van der Waals surface area (Å²) in [5, 5.41) is -7.00. The summed E-state index contributed by atoms with van der Waals surface area (Å²) in [6.07, 6.45) is 5.08. The Hall–Kier alpha value is -2.22. The molecule has 1 unspecified atom stereocenters. The molecule has 1 aromatic carbocycles. The lowest BCUT2D eigenvalue weighted by molar-refractivity contribution is -0.382. The summed E-state index contributed by atoms with van der Waals surface area (Å²) in [4.78, 5) is 2.45. The van der Waals surface area contributed by atoms with Crippen LogP contribution in [0.3, 0.4) is 0 Å². The van der Waals surface area contributed by atoms with Gasteiger partial charge in [-0.1, -0.05) is 69.5 Å². The first-order valence-electron chi connectivity index (χ1n) is 11.2. The second-order valence-corrected chi connectivity index (χ2v) is 9.81. The smallest absolute Gasteiger partial charge is 0.373 e. The summed E-state index contributed by atoms with van der Waals surface area (Å²) in [7, 11) is -7.17. The van der Waals surface area contributed by atoms with Crippen molar-refractivity contribution in [3.8, 4) is 0 Å². The standard InChI is InChI=1S/C19H27N.C4HF9O3S/c1-3-5-9-17(4-2)16-20-14-12-19(13-15-20)18-10-7-6-8-11-18;5-1(6,3(9,10)11)2(7,8)4(12,13)17(14,15)16/h6-8,10-14,17H,3-5,9,15-16H2,1-2H3;(H,14,15,16).